The Morgan fingerprint density at radius 3 is 2.76 bits per heavy atom. The fourth-order valence-electron chi connectivity index (χ4n) is 1.93. The van der Waals surface area contributed by atoms with E-state index in [1.54, 1.807) is 10.9 Å². The van der Waals surface area contributed by atoms with Gasteiger partial charge in [0.25, 0.3) is 5.56 Å². The van der Waals surface area contributed by atoms with Gasteiger partial charge in [-0.25, -0.2) is 4.68 Å². The summed E-state index contributed by atoms with van der Waals surface area (Å²) < 4.78 is 1.55. The maximum atomic E-state index is 12.2. The lowest BCUT2D eigenvalue weighted by molar-refractivity contribution is 0.574. The Kier molecular flexibility index (Phi) is 3.27. The molecule has 0 aliphatic heterocycles. The summed E-state index contributed by atoms with van der Waals surface area (Å²) in [6.07, 6.45) is 2.69. The number of hydrogen-bond donors (Lipinski definition) is 0. The number of benzene rings is 1. The van der Waals surface area contributed by atoms with Gasteiger partial charge in [-0.2, -0.15) is 5.10 Å². The molecule has 0 atom stereocenters. The highest BCUT2D eigenvalue weighted by Gasteiger charge is 2.06. The van der Waals surface area contributed by atoms with Crippen LogP contribution in [0.1, 0.15) is 38.7 Å². The highest BCUT2D eigenvalue weighted by Crippen LogP contribution is 2.18. The minimum atomic E-state index is 0.0202. The zero-order valence-electron chi connectivity index (χ0n) is 10.6. The number of aromatic nitrogens is 2. The maximum Gasteiger partial charge on any atom is 0.274 e. The molecule has 3 heteroatoms. The van der Waals surface area contributed by atoms with Crippen molar-refractivity contribution in [3.63, 3.8) is 0 Å². The molecule has 0 radical (unpaired) electrons. The molecule has 90 valence electrons. The summed E-state index contributed by atoms with van der Waals surface area (Å²) in [5, 5.41) is 5.88. The molecular weight excluding hydrogens is 212 g/mol. The van der Waals surface area contributed by atoms with E-state index in [1.165, 1.54) is 5.56 Å². The minimum Gasteiger partial charge on any atom is -0.267 e. The van der Waals surface area contributed by atoms with E-state index < -0.39 is 0 Å². The molecule has 0 saturated carbocycles. The van der Waals surface area contributed by atoms with Crippen molar-refractivity contribution in [2.24, 2.45) is 0 Å². The standard InChI is InChI=1S/C14H18N2O/c1-4-7-16-14(17)13-8-11(10(2)3)5-6-12(13)9-15-16/h5-6,8-10H,4,7H2,1-3H3. The van der Waals surface area contributed by atoms with Gasteiger partial charge in [-0.05, 0) is 24.0 Å². The van der Waals surface area contributed by atoms with Crippen LogP contribution in [0.3, 0.4) is 0 Å². The number of nitrogens with zero attached hydrogens (tertiary/aromatic N) is 2. The predicted octanol–water partition coefficient (Wildman–Crippen LogP) is 2.93. The van der Waals surface area contributed by atoms with Crippen molar-refractivity contribution in [2.75, 3.05) is 0 Å². The fourth-order valence-corrected chi connectivity index (χ4v) is 1.93. The summed E-state index contributed by atoms with van der Waals surface area (Å²) >= 11 is 0. The van der Waals surface area contributed by atoms with Crippen molar-refractivity contribution < 1.29 is 0 Å². The van der Waals surface area contributed by atoms with E-state index in [-0.39, 0.29) is 5.56 Å². The normalized spacial score (nSPS) is 11.3. The first-order valence-corrected chi connectivity index (χ1v) is 6.13. The van der Waals surface area contributed by atoms with Crippen molar-refractivity contribution >= 4 is 10.8 Å². The first-order valence-electron chi connectivity index (χ1n) is 6.13. The monoisotopic (exact) mass is 230 g/mol. The van der Waals surface area contributed by atoms with E-state index >= 15 is 0 Å². The molecule has 0 bridgehead atoms. The van der Waals surface area contributed by atoms with Crippen molar-refractivity contribution in [3.05, 3.63) is 40.3 Å². The average molecular weight is 230 g/mol. The Hall–Kier alpha value is -1.64. The van der Waals surface area contributed by atoms with Crippen LogP contribution < -0.4 is 5.56 Å². The molecule has 17 heavy (non-hydrogen) atoms. The Morgan fingerprint density at radius 1 is 1.35 bits per heavy atom. The van der Waals surface area contributed by atoms with Crippen LogP contribution in [-0.2, 0) is 6.54 Å². The molecule has 0 amide bonds. The molecule has 0 unspecified atom stereocenters. The van der Waals surface area contributed by atoms with Gasteiger partial charge in [-0.1, -0.05) is 32.9 Å². The smallest absolute Gasteiger partial charge is 0.267 e. The summed E-state index contributed by atoms with van der Waals surface area (Å²) in [6, 6.07) is 6.05. The molecule has 2 rings (SSSR count). The van der Waals surface area contributed by atoms with Crippen LogP contribution in [0, 0.1) is 0 Å². The molecular formula is C14H18N2O. The van der Waals surface area contributed by atoms with Gasteiger partial charge in [0.15, 0.2) is 0 Å². The van der Waals surface area contributed by atoms with Crippen LogP contribution in [0.2, 0.25) is 0 Å². The van der Waals surface area contributed by atoms with Gasteiger partial charge in [-0.3, -0.25) is 4.79 Å². The SMILES string of the molecule is CCCn1ncc2ccc(C(C)C)cc2c1=O. The van der Waals surface area contributed by atoms with Crippen molar-refractivity contribution in [2.45, 2.75) is 39.7 Å². The van der Waals surface area contributed by atoms with Crippen LogP contribution in [0.15, 0.2) is 29.2 Å². The summed E-state index contributed by atoms with van der Waals surface area (Å²) in [4.78, 5) is 12.2. The Labute approximate surface area is 101 Å². The summed E-state index contributed by atoms with van der Waals surface area (Å²) in [6.45, 7) is 6.99. The van der Waals surface area contributed by atoms with Crippen LogP contribution >= 0.6 is 0 Å². The van der Waals surface area contributed by atoms with E-state index in [1.807, 2.05) is 19.1 Å². The zero-order chi connectivity index (χ0) is 12.4. The van der Waals surface area contributed by atoms with E-state index in [0.29, 0.717) is 12.5 Å². The summed E-state index contributed by atoms with van der Waals surface area (Å²) in [5.74, 6) is 0.437. The zero-order valence-corrected chi connectivity index (χ0v) is 10.6. The second-order valence-corrected chi connectivity index (χ2v) is 4.67. The number of rotatable bonds is 3. The maximum absolute atomic E-state index is 12.2. The Morgan fingerprint density at radius 2 is 2.12 bits per heavy atom. The fraction of sp³-hybridized carbons (Fsp3) is 0.429. The molecule has 2 aromatic rings. The summed E-state index contributed by atoms with van der Waals surface area (Å²) in [7, 11) is 0. The molecule has 1 heterocycles. The second kappa shape index (κ2) is 4.70. The lowest BCUT2D eigenvalue weighted by Crippen LogP contribution is -2.22. The number of hydrogen-bond acceptors (Lipinski definition) is 2. The second-order valence-electron chi connectivity index (χ2n) is 4.67. The summed E-state index contributed by atoms with van der Waals surface area (Å²) in [5.41, 5.74) is 1.22. The van der Waals surface area contributed by atoms with Crippen molar-refractivity contribution in [3.8, 4) is 0 Å². The van der Waals surface area contributed by atoms with Gasteiger partial charge in [0.1, 0.15) is 0 Å². The van der Waals surface area contributed by atoms with E-state index in [2.05, 4.69) is 25.0 Å². The van der Waals surface area contributed by atoms with Crippen LogP contribution in [0.4, 0.5) is 0 Å². The van der Waals surface area contributed by atoms with Crippen molar-refractivity contribution in [1.29, 1.82) is 0 Å². The van der Waals surface area contributed by atoms with E-state index in [9.17, 15) is 4.79 Å². The lowest BCUT2D eigenvalue weighted by Gasteiger charge is -2.08. The Balaban J connectivity index is 2.65. The largest absolute Gasteiger partial charge is 0.274 e. The molecule has 0 aliphatic rings. The predicted molar refractivity (Wildman–Crippen MR) is 70.4 cm³/mol. The van der Waals surface area contributed by atoms with Crippen molar-refractivity contribution in [1.82, 2.24) is 9.78 Å². The quantitative estimate of drug-likeness (QED) is 0.812. The molecule has 0 N–H and O–H groups in total. The molecule has 0 saturated heterocycles. The molecule has 0 aliphatic carbocycles. The third-order valence-electron chi connectivity index (χ3n) is 2.98. The third-order valence-corrected chi connectivity index (χ3v) is 2.98. The first-order chi connectivity index (χ1) is 8.13. The van der Waals surface area contributed by atoms with Crippen LogP contribution in [0.5, 0.6) is 0 Å². The minimum absolute atomic E-state index is 0.0202. The molecule has 3 nitrogen and oxygen atoms in total. The lowest BCUT2D eigenvalue weighted by atomic mass is 10.0. The average Bonchev–Trinajstić information content (AvgIpc) is 2.32. The highest BCUT2D eigenvalue weighted by molar-refractivity contribution is 5.81. The van der Waals surface area contributed by atoms with Gasteiger partial charge >= 0.3 is 0 Å². The topological polar surface area (TPSA) is 34.9 Å². The number of aryl methyl sites for hydroxylation is 1. The molecule has 1 aromatic heterocycles. The van der Waals surface area contributed by atoms with Gasteiger partial charge in [0.05, 0.1) is 11.6 Å². The number of fused-ring (bicyclic) bond motifs is 1. The third kappa shape index (κ3) is 2.23. The molecule has 0 spiro atoms. The van der Waals surface area contributed by atoms with Gasteiger partial charge < -0.3 is 0 Å². The van der Waals surface area contributed by atoms with Gasteiger partial charge in [0.2, 0.25) is 0 Å². The van der Waals surface area contributed by atoms with Crippen LogP contribution in [-0.4, -0.2) is 9.78 Å². The first kappa shape index (κ1) is 11.8. The molecule has 0 fully saturated rings. The van der Waals surface area contributed by atoms with E-state index in [4.69, 9.17) is 0 Å². The van der Waals surface area contributed by atoms with Crippen LogP contribution in [0.25, 0.3) is 10.8 Å². The van der Waals surface area contributed by atoms with Gasteiger partial charge in [-0.15, -0.1) is 0 Å². The Bertz CT molecular complexity index is 584. The molecule has 1 aromatic carbocycles. The van der Waals surface area contributed by atoms with Gasteiger partial charge in [0, 0.05) is 11.9 Å². The highest BCUT2D eigenvalue weighted by atomic mass is 16.1. The van der Waals surface area contributed by atoms with E-state index in [0.717, 1.165) is 17.2 Å².